The average molecular weight is 305 g/mol. The first-order valence-corrected chi connectivity index (χ1v) is 7.37. The van der Waals surface area contributed by atoms with Crippen molar-refractivity contribution in [2.24, 2.45) is 5.84 Å². The quantitative estimate of drug-likeness (QED) is 0.574. The van der Waals surface area contributed by atoms with Gasteiger partial charge in [-0.2, -0.15) is 0 Å². The molecule has 0 spiro atoms. The number of hydrogen-bond donors (Lipinski definition) is 2. The third-order valence-electron chi connectivity index (χ3n) is 3.10. The van der Waals surface area contributed by atoms with E-state index in [4.69, 9.17) is 17.4 Å². The topological polar surface area (TPSA) is 63.8 Å². The van der Waals surface area contributed by atoms with Crippen LogP contribution in [-0.4, -0.2) is 9.97 Å². The van der Waals surface area contributed by atoms with Crippen LogP contribution in [0.1, 0.15) is 16.6 Å². The summed E-state index contributed by atoms with van der Waals surface area (Å²) in [5.41, 5.74) is 4.76. The van der Waals surface area contributed by atoms with Crippen molar-refractivity contribution in [1.82, 2.24) is 15.4 Å². The lowest BCUT2D eigenvalue weighted by atomic mass is 10.1. The lowest BCUT2D eigenvalue weighted by Crippen LogP contribution is -2.29. The van der Waals surface area contributed by atoms with E-state index < -0.39 is 0 Å². The highest BCUT2D eigenvalue weighted by Gasteiger charge is 2.16. The van der Waals surface area contributed by atoms with Gasteiger partial charge >= 0.3 is 0 Å². The van der Waals surface area contributed by atoms with E-state index in [9.17, 15) is 0 Å². The van der Waals surface area contributed by atoms with Crippen LogP contribution in [0.3, 0.4) is 0 Å². The summed E-state index contributed by atoms with van der Waals surface area (Å²) >= 11 is 7.84. The number of pyridine rings is 1. The Morgan fingerprint density at radius 2 is 2.15 bits per heavy atom. The van der Waals surface area contributed by atoms with Gasteiger partial charge in [-0.05, 0) is 23.8 Å². The minimum Gasteiger partial charge on any atom is -0.271 e. The third-order valence-corrected chi connectivity index (χ3v) is 4.47. The fraction of sp³-hybridized carbons (Fsp3) is 0.143. The Labute approximate surface area is 125 Å². The molecule has 3 aromatic rings. The minimum atomic E-state index is -0.0777. The SMILES string of the molecule is NNC(Cc1nc2ccccc2s1)c1ccncc1Cl. The van der Waals surface area contributed by atoms with Crippen LogP contribution in [0.2, 0.25) is 5.02 Å². The fourth-order valence-corrected chi connectivity index (χ4v) is 3.37. The van der Waals surface area contributed by atoms with E-state index in [-0.39, 0.29) is 6.04 Å². The molecule has 6 heteroatoms. The number of nitrogens with two attached hydrogens (primary N) is 1. The van der Waals surface area contributed by atoms with Crippen molar-refractivity contribution >= 4 is 33.2 Å². The lowest BCUT2D eigenvalue weighted by Gasteiger charge is -2.15. The molecule has 0 saturated carbocycles. The number of halogens is 1. The molecule has 102 valence electrons. The Hall–Kier alpha value is -1.53. The van der Waals surface area contributed by atoms with E-state index in [1.165, 1.54) is 4.70 Å². The predicted molar refractivity (Wildman–Crippen MR) is 82.6 cm³/mol. The largest absolute Gasteiger partial charge is 0.271 e. The molecule has 2 heterocycles. The number of nitrogens with zero attached hydrogens (tertiary/aromatic N) is 2. The van der Waals surface area contributed by atoms with E-state index in [0.29, 0.717) is 11.4 Å². The van der Waals surface area contributed by atoms with Crippen molar-refractivity contribution in [1.29, 1.82) is 0 Å². The highest BCUT2D eigenvalue weighted by atomic mass is 35.5. The van der Waals surface area contributed by atoms with E-state index in [0.717, 1.165) is 16.1 Å². The first-order chi connectivity index (χ1) is 9.78. The second kappa shape index (κ2) is 5.85. The Balaban J connectivity index is 1.90. The van der Waals surface area contributed by atoms with Crippen LogP contribution >= 0.6 is 22.9 Å². The van der Waals surface area contributed by atoms with Crippen molar-refractivity contribution in [2.75, 3.05) is 0 Å². The summed E-state index contributed by atoms with van der Waals surface area (Å²) in [5, 5.41) is 1.64. The number of thiazole rings is 1. The van der Waals surface area contributed by atoms with Crippen molar-refractivity contribution in [3.8, 4) is 0 Å². The van der Waals surface area contributed by atoms with Gasteiger partial charge in [0, 0.05) is 18.8 Å². The van der Waals surface area contributed by atoms with Gasteiger partial charge in [0.15, 0.2) is 0 Å². The molecule has 0 radical (unpaired) electrons. The molecule has 4 nitrogen and oxygen atoms in total. The average Bonchev–Trinajstić information content (AvgIpc) is 2.88. The van der Waals surface area contributed by atoms with E-state index in [1.807, 2.05) is 24.3 Å². The molecular weight excluding hydrogens is 292 g/mol. The lowest BCUT2D eigenvalue weighted by molar-refractivity contribution is 0.551. The van der Waals surface area contributed by atoms with Gasteiger partial charge in [0.05, 0.1) is 26.3 Å². The second-order valence-electron chi connectivity index (χ2n) is 4.40. The van der Waals surface area contributed by atoms with Gasteiger partial charge in [-0.3, -0.25) is 16.3 Å². The zero-order valence-corrected chi connectivity index (χ0v) is 12.2. The number of aromatic nitrogens is 2. The summed E-state index contributed by atoms with van der Waals surface area (Å²) in [6, 6.07) is 9.89. The molecule has 1 aromatic carbocycles. The molecule has 0 amide bonds. The second-order valence-corrected chi connectivity index (χ2v) is 5.92. The van der Waals surface area contributed by atoms with Crippen LogP contribution in [0.25, 0.3) is 10.2 Å². The number of para-hydroxylation sites is 1. The van der Waals surface area contributed by atoms with Gasteiger partial charge in [-0.15, -0.1) is 11.3 Å². The van der Waals surface area contributed by atoms with Crippen molar-refractivity contribution < 1.29 is 0 Å². The Morgan fingerprint density at radius 1 is 1.30 bits per heavy atom. The zero-order valence-electron chi connectivity index (χ0n) is 10.6. The minimum absolute atomic E-state index is 0.0777. The summed E-state index contributed by atoms with van der Waals surface area (Å²) in [5.74, 6) is 5.66. The van der Waals surface area contributed by atoms with Crippen LogP contribution < -0.4 is 11.3 Å². The van der Waals surface area contributed by atoms with Gasteiger partial charge in [0.1, 0.15) is 0 Å². The summed E-state index contributed by atoms with van der Waals surface area (Å²) in [4.78, 5) is 8.61. The number of hydrazine groups is 1. The maximum absolute atomic E-state index is 6.17. The van der Waals surface area contributed by atoms with Crippen LogP contribution in [-0.2, 0) is 6.42 Å². The molecule has 1 unspecified atom stereocenters. The predicted octanol–water partition coefficient (Wildman–Crippen LogP) is 3.09. The van der Waals surface area contributed by atoms with Crippen molar-refractivity contribution in [2.45, 2.75) is 12.5 Å². The van der Waals surface area contributed by atoms with Crippen LogP contribution in [0.5, 0.6) is 0 Å². The molecule has 0 aliphatic rings. The molecule has 0 aliphatic heterocycles. The molecule has 3 N–H and O–H groups in total. The summed E-state index contributed by atoms with van der Waals surface area (Å²) in [6.45, 7) is 0. The van der Waals surface area contributed by atoms with Crippen LogP contribution in [0.15, 0.2) is 42.7 Å². The van der Waals surface area contributed by atoms with Crippen molar-refractivity contribution in [3.63, 3.8) is 0 Å². The number of rotatable bonds is 4. The monoisotopic (exact) mass is 304 g/mol. The van der Waals surface area contributed by atoms with E-state index in [2.05, 4.69) is 21.5 Å². The molecular formula is C14H13ClN4S. The van der Waals surface area contributed by atoms with Gasteiger partial charge in [0.25, 0.3) is 0 Å². The molecule has 20 heavy (non-hydrogen) atoms. The summed E-state index contributed by atoms with van der Waals surface area (Å²) < 4.78 is 1.18. The molecule has 1 atom stereocenters. The molecule has 0 bridgehead atoms. The van der Waals surface area contributed by atoms with Crippen molar-refractivity contribution in [3.05, 3.63) is 58.3 Å². The highest BCUT2D eigenvalue weighted by Crippen LogP contribution is 2.28. The highest BCUT2D eigenvalue weighted by molar-refractivity contribution is 7.18. The van der Waals surface area contributed by atoms with Crippen LogP contribution in [0.4, 0.5) is 0 Å². The first-order valence-electron chi connectivity index (χ1n) is 6.18. The standard InChI is InChI=1S/C14H13ClN4S/c15-10-8-17-6-5-9(10)12(19-16)7-14-18-11-3-1-2-4-13(11)20-14/h1-6,8,12,19H,7,16H2. The van der Waals surface area contributed by atoms with Crippen LogP contribution in [0, 0.1) is 0 Å². The maximum atomic E-state index is 6.17. The zero-order chi connectivity index (χ0) is 13.9. The van der Waals surface area contributed by atoms with E-state index in [1.54, 1.807) is 23.7 Å². The fourth-order valence-electron chi connectivity index (χ4n) is 2.11. The Kier molecular flexibility index (Phi) is 3.93. The van der Waals surface area contributed by atoms with E-state index >= 15 is 0 Å². The van der Waals surface area contributed by atoms with Gasteiger partial charge in [-0.1, -0.05) is 23.7 Å². The molecule has 0 fully saturated rings. The molecule has 0 saturated heterocycles. The Bertz CT molecular complexity index is 695. The van der Waals surface area contributed by atoms with Gasteiger partial charge < -0.3 is 0 Å². The van der Waals surface area contributed by atoms with Gasteiger partial charge in [-0.25, -0.2) is 4.98 Å². The summed E-state index contributed by atoms with van der Waals surface area (Å²) in [7, 11) is 0. The molecule has 3 rings (SSSR count). The molecule has 2 aromatic heterocycles. The number of hydrogen-bond acceptors (Lipinski definition) is 5. The smallest absolute Gasteiger partial charge is 0.0958 e. The normalized spacial score (nSPS) is 12.7. The third kappa shape index (κ3) is 2.66. The summed E-state index contributed by atoms with van der Waals surface area (Å²) in [6.07, 6.45) is 4.03. The van der Waals surface area contributed by atoms with Gasteiger partial charge in [0.2, 0.25) is 0 Å². The number of benzene rings is 1. The number of fused-ring (bicyclic) bond motifs is 1. The molecule has 0 aliphatic carbocycles. The first kappa shape index (κ1) is 13.5. The maximum Gasteiger partial charge on any atom is 0.0958 e. The Morgan fingerprint density at radius 3 is 2.90 bits per heavy atom. The number of nitrogens with one attached hydrogen (secondary N) is 1.